The number of hydrogen-bond donors (Lipinski definition) is 0. The number of piperidine rings is 1. The van der Waals surface area contributed by atoms with Crippen molar-refractivity contribution in [3.8, 4) is 0 Å². The van der Waals surface area contributed by atoms with Gasteiger partial charge in [-0.1, -0.05) is 38.1 Å². The fourth-order valence-corrected chi connectivity index (χ4v) is 3.62. The predicted molar refractivity (Wildman–Crippen MR) is 112 cm³/mol. The number of aromatic nitrogens is 1. The van der Waals surface area contributed by atoms with Crippen LogP contribution in [0.3, 0.4) is 0 Å². The molecular formula is C24H28N2O2. The van der Waals surface area contributed by atoms with E-state index in [1.807, 2.05) is 29.2 Å². The van der Waals surface area contributed by atoms with Gasteiger partial charge in [0.15, 0.2) is 5.78 Å². The Morgan fingerprint density at radius 2 is 1.71 bits per heavy atom. The van der Waals surface area contributed by atoms with Crippen molar-refractivity contribution in [2.24, 2.45) is 11.8 Å². The summed E-state index contributed by atoms with van der Waals surface area (Å²) < 4.78 is 0. The number of likely N-dealkylation sites (tertiary alicyclic amines) is 1. The molecule has 1 aliphatic rings. The van der Waals surface area contributed by atoms with E-state index in [2.05, 4.69) is 31.0 Å². The Bertz CT molecular complexity index is 817. The average molecular weight is 377 g/mol. The first-order valence-corrected chi connectivity index (χ1v) is 10.0. The molecule has 3 rings (SSSR count). The SMILES string of the molecule is CC(C)Cc1ccc(C(=O)C2CCN(C(=O)/C=C/c3ccncc3)CC2)cc1. The molecule has 28 heavy (non-hydrogen) atoms. The smallest absolute Gasteiger partial charge is 0.246 e. The summed E-state index contributed by atoms with van der Waals surface area (Å²) >= 11 is 0. The third kappa shape index (κ3) is 5.38. The van der Waals surface area contributed by atoms with Crippen LogP contribution >= 0.6 is 0 Å². The number of ketones is 1. The third-order valence-electron chi connectivity index (χ3n) is 5.18. The molecule has 1 aromatic carbocycles. The number of carbonyl (C=O) groups excluding carboxylic acids is 2. The van der Waals surface area contributed by atoms with E-state index in [4.69, 9.17) is 0 Å². The molecule has 0 saturated carbocycles. The Kier molecular flexibility index (Phi) is 6.75. The highest BCUT2D eigenvalue weighted by molar-refractivity contribution is 5.98. The van der Waals surface area contributed by atoms with Crippen molar-refractivity contribution < 1.29 is 9.59 Å². The van der Waals surface area contributed by atoms with Gasteiger partial charge >= 0.3 is 0 Å². The van der Waals surface area contributed by atoms with Crippen LogP contribution in [-0.2, 0) is 11.2 Å². The van der Waals surface area contributed by atoms with Gasteiger partial charge < -0.3 is 4.90 Å². The van der Waals surface area contributed by atoms with Crippen LogP contribution in [-0.4, -0.2) is 34.7 Å². The molecule has 0 spiro atoms. The molecule has 146 valence electrons. The second-order valence-electron chi connectivity index (χ2n) is 7.87. The van der Waals surface area contributed by atoms with Crippen LogP contribution in [0.25, 0.3) is 6.08 Å². The minimum Gasteiger partial charge on any atom is -0.339 e. The standard InChI is InChI=1S/C24H28N2O2/c1-18(2)17-20-3-6-21(7-4-20)24(28)22-11-15-26(16-12-22)23(27)8-5-19-9-13-25-14-10-19/h3-10,13-14,18,22H,11-12,15-17H2,1-2H3/b8-5+. The van der Waals surface area contributed by atoms with Crippen molar-refractivity contribution in [2.75, 3.05) is 13.1 Å². The molecule has 2 aromatic rings. The molecule has 4 nitrogen and oxygen atoms in total. The minimum atomic E-state index is 0.000694. The van der Waals surface area contributed by atoms with Crippen molar-refractivity contribution in [3.05, 3.63) is 71.6 Å². The van der Waals surface area contributed by atoms with E-state index in [9.17, 15) is 9.59 Å². The monoisotopic (exact) mass is 376 g/mol. The van der Waals surface area contributed by atoms with Gasteiger partial charge in [0.2, 0.25) is 5.91 Å². The van der Waals surface area contributed by atoms with E-state index >= 15 is 0 Å². The molecule has 4 heteroatoms. The summed E-state index contributed by atoms with van der Waals surface area (Å²) in [5.74, 6) is 0.816. The normalized spacial score (nSPS) is 15.3. The Balaban J connectivity index is 1.52. The number of pyridine rings is 1. The van der Waals surface area contributed by atoms with Crippen LogP contribution < -0.4 is 0 Å². The molecule has 0 unspecified atom stereocenters. The van der Waals surface area contributed by atoms with E-state index in [1.54, 1.807) is 24.5 Å². The lowest BCUT2D eigenvalue weighted by atomic mass is 9.88. The Morgan fingerprint density at radius 3 is 2.32 bits per heavy atom. The van der Waals surface area contributed by atoms with Gasteiger partial charge in [-0.25, -0.2) is 0 Å². The molecule has 0 radical (unpaired) electrons. The summed E-state index contributed by atoms with van der Waals surface area (Å²) in [4.78, 5) is 31.0. The van der Waals surface area contributed by atoms with Gasteiger partial charge in [0.25, 0.3) is 0 Å². The molecule has 2 heterocycles. The zero-order valence-corrected chi connectivity index (χ0v) is 16.7. The number of carbonyl (C=O) groups is 2. The van der Waals surface area contributed by atoms with Gasteiger partial charge in [-0.05, 0) is 54.5 Å². The number of Topliss-reactive ketones (excluding diaryl/α,β-unsaturated/α-hetero) is 1. The van der Waals surface area contributed by atoms with Crippen molar-refractivity contribution in [2.45, 2.75) is 33.1 Å². The van der Waals surface area contributed by atoms with Crippen LogP contribution in [0.1, 0.15) is 48.2 Å². The topological polar surface area (TPSA) is 50.3 Å². The predicted octanol–water partition coefficient (Wildman–Crippen LogP) is 4.41. The molecule has 1 amide bonds. The van der Waals surface area contributed by atoms with Crippen LogP contribution in [0.5, 0.6) is 0 Å². The van der Waals surface area contributed by atoms with E-state index in [0.717, 1.165) is 30.4 Å². The minimum absolute atomic E-state index is 0.000694. The molecule has 1 aromatic heterocycles. The van der Waals surface area contributed by atoms with Gasteiger partial charge in [-0.3, -0.25) is 14.6 Å². The van der Waals surface area contributed by atoms with E-state index in [1.165, 1.54) is 5.56 Å². The maximum Gasteiger partial charge on any atom is 0.246 e. The second kappa shape index (κ2) is 9.45. The van der Waals surface area contributed by atoms with Gasteiger partial charge in [-0.15, -0.1) is 0 Å². The van der Waals surface area contributed by atoms with Crippen molar-refractivity contribution in [1.82, 2.24) is 9.88 Å². The quantitative estimate of drug-likeness (QED) is 0.554. The summed E-state index contributed by atoms with van der Waals surface area (Å²) in [5.41, 5.74) is 3.01. The zero-order valence-electron chi connectivity index (χ0n) is 16.7. The summed E-state index contributed by atoms with van der Waals surface area (Å²) in [6.07, 6.45) is 9.29. The van der Waals surface area contributed by atoms with Crippen LogP contribution in [0.4, 0.5) is 0 Å². The van der Waals surface area contributed by atoms with E-state index in [0.29, 0.717) is 19.0 Å². The maximum absolute atomic E-state index is 12.8. The highest BCUT2D eigenvalue weighted by Gasteiger charge is 2.27. The Morgan fingerprint density at radius 1 is 1.07 bits per heavy atom. The molecule has 0 N–H and O–H groups in total. The van der Waals surface area contributed by atoms with Crippen LogP contribution in [0.2, 0.25) is 0 Å². The molecule has 0 atom stereocenters. The van der Waals surface area contributed by atoms with E-state index < -0.39 is 0 Å². The first-order chi connectivity index (χ1) is 13.5. The average Bonchev–Trinajstić information content (AvgIpc) is 2.72. The Hall–Kier alpha value is -2.75. The van der Waals surface area contributed by atoms with Gasteiger partial charge in [0.05, 0.1) is 0 Å². The number of nitrogens with zero attached hydrogens (tertiary/aromatic N) is 2. The maximum atomic E-state index is 12.8. The number of amides is 1. The zero-order chi connectivity index (χ0) is 19.9. The highest BCUT2D eigenvalue weighted by atomic mass is 16.2. The fourth-order valence-electron chi connectivity index (χ4n) is 3.62. The van der Waals surface area contributed by atoms with Crippen molar-refractivity contribution in [1.29, 1.82) is 0 Å². The summed E-state index contributed by atoms with van der Waals surface area (Å²) in [6, 6.07) is 11.8. The third-order valence-corrected chi connectivity index (χ3v) is 5.18. The van der Waals surface area contributed by atoms with E-state index in [-0.39, 0.29) is 17.6 Å². The van der Waals surface area contributed by atoms with Crippen molar-refractivity contribution in [3.63, 3.8) is 0 Å². The molecule has 1 fully saturated rings. The molecule has 1 saturated heterocycles. The highest BCUT2D eigenvalue weighted by Crippen LogP contribution is 2.23. The summed E-state index contributed by atoms with van der Waals surface area (Å²) in [5, 5.41) is 0. The lowest BCUT2D eigenvalue weighted by Crippen LogP contribution is -2.39. The fraction of sp³-hybridized carbons (Fsp3) is 0.375. The number of benzene rings is 1. The molecule has 0 aliphatic carbocycles. The van der Waals surface area contributed by atoms with Crippen LogP contribution in [0.15, 0.2) is 54.9 Å². The van der Waals surface area contributed by atoms with Crippen LogP contribution in [0, 0.1) is 11.8 Å². The number of hydrogen-bond acceptors (Lipinski definition) is 3. The van der Waals surface area contributed by atoms with Gasteiger partial charge in [0.1, 0.15) is 0 Å². The number of rotatable bonds is 6. The first kappa shape index (κ1) is 20.0. The largest absolute Gasteiger partial charge is 0.339 e. The lowest BCUT2D eigenvalue weighted by Gasteiger charge is -2.30. The van der Waals surface area contributed by atoms with Gasteiger partial charge in [-0.2, -0.15) is 0 Å². The molecule has 0 bridgehead atoms. The summed E-state index contributed by atoms with van der Waals surface area (Å²) in [6.45, 7) is 5.64. The molecular weight excluding hydrogens is 348 g/mol. The van der Waals surface area contributed by atoms with Gasteiger partial charge in [0, 0.05) is 43.0 Å². The van der Waals surface area contributed by atoms with Crippen molar-refractivity contribution >= 4 is 17.8 Å². The first-order valence-electron chi connectivity index (χ1n) is 10.0. The molecule has 1 aliphatic heterocycles. The Labute approximate surface area is 167 Å². The summed E-state index contributed by atoms with van der Waals surface area (Å²) in [7, 11) is 0. The lowest BCUT2D eigenvalue weighted by molar-refractivity contribution is -0.127. The second-order valence-corrected chi connectivity index (χ2v) is 7.87.